The minimum absolute atomic E-state index is 0.471. The molecule has 0 bridgehead atoms. The zero-order chi connectivity index (χ0) is 16.2. The SMILES string of the molecule is C=C1CN(C(=S)Nc2cccc(Cl)c2)C(=NCc2ccco2)S1. The summed E-state index contributed by atoms with van der Waals surface area (Å²) in [5, 5.41) is 5.22. The van der Waals surface area contributed by atoms with Crippen LogP contribution in [0.25, 0.3) is 0 Å². The van der Waals surface area contributed by atoms with Gasteiger partial charge >= 0.3 is 0 Å². The molecule has 0 aliphatic carbocycles. The summed E-state index contributed by atoms with van der Waals surface area (Å²) in [7, 11) is 0. The van der Waals surface area contributed by atoms with Crippen molar-refractivity contribution < 1.29 is 4.42 Å². The Kier molecular flexibility index (Phi) is 5.05. The molecular weight excluding hydrogens is 350 g/mol. The number of hydrogen-bond donors (Lipinski definition) is 1. The molecule has 2 heterocycles. The molecule has 0 radical (unpaired) electrons. The van der Waals surface area contributed by atoms with Gasteiger partial charge in [-0.1, -0.05) is 36.0 Å². The van der Waals surface area contributed by atoms with E-state index in [9.17, 15) is 0 Å². The number of benzene rings is 1. The Labute approximate surface area is 149 Å². The van der Waals surface area contributed by atoms with Crippen LogP contribution in [0.1, 0.15) is 5.76 Å². The molecule has 7 heteroatoms. The normalized spacial score (nSPS) is 16.1. The highest BCUT2D eigenvalue weighted by Crippen LogP contribution is 2.29. The number of thioether (sulfide) groups is 1. The van der Waals surface area contributed by atoms with Crippen LogP contribution >= 0.6 is 35.6 Å². The molecule has 1 N–H and O–H groups in total. The second-order valence-corrected chi connectivity index (χ2v) is 6.82. The number of aliphatic imine (C=N–C) groups is 1. The van der Waals surface area contributed by atoms with Gasteiger partial charge in [-0.2, -0.15) is 0 Å². The molecule has 1 aromatic heterocycles. The van der Waals surface area contributed by atoms with Crippen molar-refractivity contribution in [1.82, 2.24) is 4.90 Å². The molecule has 3 rings (SSSR count). The van der Waals surface area contributed by atoms with Gasteiger partial charge in [0.1, 0.15) is 5.76 Å². The van der Waals surface area contributed by atoms with Gasteiger partial charge in [-0.05, 0) is 42.5 Å². The summed E-state index contributed by atoms with van der Waals surface area (Å²) in [5.74, 6) is 0.810. The monoisotopic (exact) mass is 363 g/mol. The minimum Gasteiger partial charge on any atom is -0.467 e. The molecule has 2 aromatic rings. The fourth-order valence-corrected chi connectivity index (χ4v) is 3.41. The van der Waals surface area contributed by atoms with Crippen molar-refractivity contribution in [2.24, 2.45) is 4.99 Å². The van der Waals surface area contributed by atoms with Crippen molar-refractivity contribution in [2.45, 2.75) is 6.54 Å². The summed E-state index contributed by atoms with van der Waals surface area (Å²) in [6, 6.07) is 11.2. The zero-order valence-corrected chi connectivity index (χ0v) is 14.5. The van der Waals surface area contributed by atoms with Crippen molar-refractivity contribution >= 4 is 51.5 Å². The van der Waals surface area contributed by atoms with Crippen molar-refractivity contribution in [3.8, 4) is 0 Å². The fourth-order valence-electron chi connectivity index (χ4n) is 2.04. The van der Waals surface area contributed by atoms with Gasteiger partial charge in [-0.3, -0.25) is 9.89 Å². The number of amidine groups is 1. The van der Waals surface area contributed by atoms with E-state index in [1.54, 1.807) is 6.26 Å². The van der Waals surface area contributed by atoms with Gasteiger partial charge in [0.15, 0.2) is 10.3 Å². The largest absolute Gasteiger partial charge is 0.467 e. The molecule has 0 spiro atoms. The molecule has 4 nitrogen and oxygen atoms in total. The van der Waals surface area contributed by atoms with Crippen LogP contribution in [0.3, 0.4) is 0 Å². The average molecular weight is 364 g/mol. The van der Waals surface area contributed by atoms with Crippen molar-refractivity contribution in [1.29, 1.82) is 0 Å². The molecule has 1 aliphatic rings. The predicted molar refractivity (Wildman–Crippen MR) is 101 cm³/mol. The highest BCUT2D eigenvalue weighted by Gasteiger charge is 2.26. The number of furan rings is 1. The molecule has 23 heavy (non-hydrogen) atoms. The summed E-state index contributed by atoms with van der Waals surface area (Å²) in [6.07, 6.45) is 1.64. The van der Waals surface area contributed by atoms with Gasteiger partial charge in [-0.15, -0.1) is 0 Å². The fraction of sp³-hybridized carbons (Fsp3) is 0.125. The van der Waals surface area contributed by atoms with Gasteiger partial charge in [0, 0.05) is 15.6 Å². The van der Waals surface area contributed by atoms with Gasteiger partial charge < -0.3 is 9.73 Å². The molecule has 1 fully saturated rings. The lowest BCUT2D eigenvalue weighted by Crippen LogP contribution is -2.35. The lowest BCUT2D eigenvalue weighted by Gasteiger charge is -2.19. The van der Waals surface area contributed by atoms with Gasteiger partial charge in [0.25, 0.3) is 0 Å². The van der Waals surface area contributed by atoms with Crippen LogP contribution < -0.4 is 5.32 Å². The van der Waals surface area contributed by atoms with Crippen LogP contribution in [0.15, 0.2) is 63.6 Å². The van der Waals surface area contributed by atoms with Crippen molar-refractivity contribution in [2.75, 3.05) is 11.9 Å². The first-order chi connectivity index (χ1) is 11.1. The van der Waals surface area contributed by atoms with Crippen molar-refractivity contribution in [3.05, 3.63) is 64.9 Å². The first kappa shape index (κ1) is 16.1. The Balaban J connectivity index is 1.72. The Morgan fingerprint density at radius 2 is 2.30 bits per heavy atom. The molecule has 1 aliphatic heterocycles. The third-order valence-electron chi connectivity index (χ3n) is 3.07. The highest BCUT2D eigenvalue weighted by atomic mass is 35.5. The van der Waals surface area contributed by atoms with Gasteiger partial charge in [0.2, 0.25) is 0 Å². The summed E-state index contributed by atoms with van der Waals surface area (Å²) >= 11 is 13.0. The van der Waals surface area contributed by atoms with E-state index < -0.39 is 0 Å². The molecule has 118 valence electrons. The van der Waals surface area contributed by atoms with Crippen LogP contribution in [0.4, 0.5) is 5.69 Å². The lowest BCUT2D eigenvalue weighted by molar-refractivity contribution is 0.512. The Morgan fingerprint density at radius 3 is 3.04 bits per heavy atom. The lowest BCUT2D eigenvalue weighted by atomic mass is 10.3. The highest BCUT2D eigenvalue weighted by molar-refractivity contribution is 8.17. The number of halogens is 1. The van der Waals surface area contributed by atoms with Crippen LogP contribution in [-0.4, -0.2) is 21.7 Å². The number of nitrogens with zero attached hydrogens (tertiary/aromatic N) is 2. The van der Waals surface area contributed by atoms with Gasteiger partial charge in [0.05, 0.1) is 19.4 Å². The third kappa shape index (κ3) is 4.16. The minimum atomic E-state index is 0.471. The first-order valence-electron chi connectivity index (χ1n) is 6.88. The zero-order valence-electron chi connectivity index (χ0n) is 12.2. The molecule has 0 unspecified atom stereocenters. The summed E-state index contributed by atoms with van der Waals surface area (Å²) in [5.41, 5.74) is 0.843. The smallest absolute Gasteiger partial charge is 0.179 e. The van der Waals surface area contributed by atoms with E-state index in [0.717, 1.165) is 21.5 Å². The Hall–Kier alpha value is -1.76. The maximum atomic E-state index is 6.00. The third-order valence-corrected chi connectivity index (χ3v) is 4.58. The van der Waals surface area contributed by atoms with Crippen LogP contribution in [0.2, 0.25) is 5.02 Å². The predicted octanol–water partition coefficient (Wildman–Crippen LogP) is 4.75. The summed E-state index contributed by atoms with van der Waals surface area (Å²) < 4.78 is 5.30. The average Bonchev–Trinajstić information content (AvgIpc) is 3.14. The maximum Gasteiger partial charge on any atom is 0.179 e. The number of hydrogen-bond acceptors (Lipinski definition) is 4. The van der Waals surface area contributed by atoms with Crippen LogP contribution in [0.5, 0.6) is 0 Å². The quantitative estimate of drug-likeness (QED) is 0.797. The van der Waals surface area contributed by atoms with E-state index in [0.29, 0.717) is 23.2 Å². The van der Waals surface area contributed by atoms with Crippen molar-refractivity contribution in [3.63, 3.8) is 0 Å². The number of rotatable bonds is 3. The molecule has 0 saturated carbocycles. The van der Waals surface area contributed by atoms with E-state index in [1.807, 2.05) is 41.3 Å². The molecule has 1 saturated heterocycles. The van der Waals surface area contributed by atoms with E-state index in [1.165, 1.54) is 11.8 Å². The van der Waals surface area contributed by atoms with Gasteiger partial charge in [-0.25, -0.2) is 0 Å². The van der Waals surface area contributed by atoms with E-state index in [-0.39, 0.29) is 0 Å². The summed E-state index contributed by atoms with van der Waals surface area (Å²) in [6.45, 7) is 5.12. The first-order valence-corrected chi connectivity index (χ1v) is 8.48. The molecule has 0 atom stereocenters. The van der Waals surface area contributed by atoms with E-state index in [2.05, 4.69) is 16.9 Å². The second-order valence-electron chi connectivity index (χ2n) is 4.85. The topological polar surface area (TPSA) is 40.8 Å². The summed E-state index contributed by atoms with van der Waals surface area (Å²) in [4.78, 5) is 7.50. The molecule has 0 amide bonds. The van der Waals surface area contributed by atoms with E-state index in [4.69, 9.17) is 28.2 Å². The standard InChI is InChI=1S/C16H14ClN3OS2/c1-11-10-20(15(22)19-13-5-2-4-12(17)8-13)16(23-11)18-9-14-6-3-7-21-14/h2-8H,1,9-10H2,(H,19,22). The Bertz CT molecular complexity index is 758. The number of anilines is 1. The maximum absolute atomic E-state index is 6.00. The van der Waals surface area contributed by atoms with E-state index >= 15 is 0 Å². The second kappa shape index (κ2) is 7.21. The molecular formula is C16H14ClN3OS2. The molecule has 1 aromatic carbocycles. The van der Waals surface area contributed by atoms with Crippen LogP contribution in [0, 0.1) is 0 Å². The number of thiocarbonyl (C=S) groups is 1. The van der Waals surface area contributed by atoms with Crippen LogP contribution in [-0.2, 0) is 6.54 Å². The Morgan fingerprint density at radius 1 is 1.43 bits per heavy atom. The number of nitrogens with one attached hydrogen (secondary N) is 1.